The average molecular weight is 292 g/mol. The summed E-state index contributed by atoms with van der Waals surface area (Å²) in [5.74, 6) is 0. The molecule has 0 spiro atoms. The summed E-state index contributed by atoms with van der Waals surface area (Å²) in [5, 5.41) is 23.4. The smallest absolute Gasteiger partial charge is 0.0914 e. The van der Waals surface area contributed by atoms with E-state index in [1.54, 1.807) is 24.3 Å². The molecular weight excluding hydrogens is 274 g/mol. The zero-order valence-corrected chi connectivity index (χ0v) is 11.8. The van der Waals surface area contributed by atoms with Crippen molar-refractivity contribution in [2.75, 3.05) is 13.2 Å². The minimum absolute atomic E-state index is 0.0165. The first-order valence-corrected chi connectivity index (χ1v) is 6.91. The molecular formula is C16H18ClNO2. The van der Waals surface area contributed by atoms with Crippen molar-refractivity contribution < 1.29 is 10.2 Å². The highest BCUT2D eigenvalue weighted by molar-refractivity contribution is 6.30. The number of nitrogens with one attached hydrogen (secondary N) is 1. The van der Waals surface area contributed by atoms with Crippen LogP contribution in [0.5, 0.6) is 0 Å². The quantitative estimate of drug-likeness (QED) is 0.767. The van der Waals surface area contributed by atoms with Crippen molar-refractivity contribution in [1.29, 1.82) is 0 Å². The van der Waals surface area contributed by atoms with Gasteiger partial charge in [-0.05, 0) is 23.3 Å². The molecule has 0 aliphatic heterocycles. The molecule has 2 aromatic carbocycles. The standard InChI is InChI=1S/C16H18ClNO2/c17-14-8-6-13(7-9-14)16(20)10-18-15(11-19)12-4-2-1-3-5-12/h1-9,15-16,18-20H,10-11H2. The van der Waals surface area contributed by atoms with Gasteiger partial charge in [-0.15, -0.1) is 0 Å². The van der Waals surface area contributed by atoms with E-state index in [4.69, 9.17) is 11.6 Å². The molecule has 3 N–H and O–H groups in total. The fourth-order valence-corrected chi connectivity index (χ4v) is 2.16. The molecule has 0 aromatic heterocycles. The van der Waals surface area contributed by atoms with Gasteiger partial charge in [0, 0.05) is 11.6 Å². The lowest BCUT2D eigenvalue weighted by Crippen LogP contribution is -2.28. The number of hydrogen-bond donors (Lipinski definition) is 3. The molecule has 0 saturated heterocycles. The molecule has 0 amide bonds. The summed E-state index contributed by atoms with van der Waals surface area (Å²) in [6.45, 7) is 0.346. The maximum absolute atomic E-state index is 10.1. The van der Waals surface area contributed by atoms with Crippen LogP contribution >= 0.6 is 11.6 Å². The van der Waals surface area contributed by atoms with E-state index in [-0.39, 0.29) is 12.6 Å². The fraction of sp³-hybridized carbons (Fsp3) is 0.250. The van der Waals surface area contributed by atoms with Crippen molar-refractivity contribution in [1.82, 2.24) is 5.32 Å². The number of aliphatic hydroxyl groups excluding tert-OH is 2. The Morgan fingerprint density at radius 1 is 0.950 bits per heavy atom. The molecule has 0 aliphatic rings. The van der Waals surface area contributed by atoms with E-state index in [2.05, 4.69) is 5.32 Å². The summed E-state index contributed by atoms with van der Waals surface area (Å²) in [7, 11) is 0. The third kappa shape index (κ3) is 4.05. The minimum atomic E-state index is -0.634. The van der Waals surface area contributed by atoms with Gasteiger partial charge in [0.05, 0.1) is 18.8 Å². The Labute approximate surface area is 123 Å². The van der Waals surface area contributed by atoms with Gasteiger partial charge in [0.2, 0.25) is 0 Å². The number of rotatable bonds is 6. The summed E-state index contributed by atoms with van der Waals surface area (Å²) in [6.07, 6.45) is -0.634. The number of aliphatic hydroxyl groups is 2. The molecule has 2 rings (SSSR count). The lowest BCUT2D eigenvalue weighted by molar-refractivity contribution is 0.159. The van der Waals surface area contributed by atoms with Crippen LogP contribution in [-0.2, 0) is 0 Å². The van der Waals surface area contributed by atoms with E-state index < -0.39 is 6.10 Å². The Kier molecular flexibility index (Phi) is 5.56. The predicted octanol–water partition coefficient (Wildman–Crippen LogP) is 2.70. The average Bonchev–Trinajstić information content (AvgIpc) is 2.49. The number of benzene rings is 2. The SMILES string of the molecule is OCC(NCC(O)c1ccc(Cl)cc1)c1ccccc1. The predicted molar refractivity (Wildman–Crippen MR) is 80.7 cm³/mol. The molecule has 4 heteroatoms. The molecule has 2 atom stereocenters. The number of halogens is 1. The monoisotopic (exact) mass is 291 g/mol. The van der Waals surface area contributed by atoms with Crippen molar-refractivity contribution in [3.63, 3.8) is 0 Å². The van der Waals surface area contributed by atoms with Gasteiger partial charge in [0.1, 0.15) is 0 Å². The summed E-state index contributed by atoms with van der Waals surface area (Å²) in [5.41, 5.74) is 1.80. The second-order valence-electron chi connectivity index (χ2n) is 4.62. The highest BCUT2D eigenvalue weighted by atomic mass is 35.5. The zero-order chi connectivity index (χ0) is 14.4. The van der Waals surface area contributed by atoms with Gasteiger partial charge >= 0.3 is 0 Å². The molecule has 20 heavy (non-hydrogen) atoms. The van der Waals surface area contributed by atoms with Crippen LogP contribution in [0.3, 0.4) is 0 Å². The van der Waals surface area contributed by atoms with Crippen LogP contribution in [0.2, 0.25) is 5.02 Å². The first-order valence-electron chi connectivity index (χ1n) is 6.53. The molecule has 0 fully saturated rings. The topological polar surface area (TPSA) is 52.5 Å². The lowest BCUT2D eigenvalue weighted by Gasteiger charge is -2.19. The normalized spacial score (nSPS) is 13.9. The van der Waals surface area contributed by atoms with Crippen molar-refractivity contribution in [2.45, 2.75) is 12.1 Å². The van der Waals surface area contributed by atoms with E-state index in [9.17, 15) is 10.2 Å². The van der Waals surface area contributed by atoms with Gasteiger partial charge in [-0.1, -0.05) is 54.1 Å². The Morgan fingerprint density at radius 3 is 2.20 bits per heavy atom. The fourth-order valence-electron chi connectivity index (χ4n) is 2.03. The molecule has 0 heterocycles. The van der Waals surface area contributed by atoms with Gasteiger partial charge in [0.15, 0.2) is 0 Å². The Hall–Kier alpha value is -1.39. The Bertz CT molecular complexity index is 516. The van der Waals surface area contributed by atoms with Crippen molar-refractivity contribution in [2.24, 2.45) is 0 Å². The van der Waals surface area contributed by atoms with Crippen LogP contribution < -0.4 is 5.32 Å². The van der Waals surface area contributed by atoms with Crippen molar-refractivity contribution in [3.8, 4) is 0 Å². The maximum Gasteiger partial charge on any atom is 0.0914 e. The molecule has 3 nitrogen and oxygen atoms in total. The summed E-state index contributed by atoms with van der Waals surface area (Å²) in [4.78, 5) is 0. The molecule has 0 aliphatic carbocycles. The van der Waals surface area contributed by atoms with E-state index in [1.165, 1.54) is 0 Å². The van der Waals surface area contributed by atoms with E-state index in [1.807, 2.05) is 30.3 Å². The summed E-state index contributed by atoms with van der Waals surface area (Å²) in [6, 6.07) is 16.6. The largest absolute Gasteiger partial charge is 0.394 e. The zero-order valence-electron chi connectivity index (χ0n) is 11.0. The van der Waals surface area contributed by atoms with Crippen LogP contribution in [0.4, 0.5) is 0 Å². The second-order valence-corrected chi connectivity index (χ2v) is 5.06. The first kappa shape index (κ1) is 15.0. The molecule has 0 radical (unpaired) electrons. The Morgan fingerprint density at radius 2 is 1.60 bits per heavy atom. The molecule has 2 aromatic rings. The van der Waals surface area contributed by atoms with Crippen LogP contribution in [0, 0.1) is 0 Å². The first-order chi connectivity index (χ1) is 9.70. The number of hydrogen-bond acceptors (Lipinski definition) is 3. The van der Waals surface area contributed by atoms with E-state index in [0.29, 0.717) is 11.6 Å². The van der Waals surface area contributed by atoms with E-state index in [0.717, 1.165) is 11.1 Å². The third-order valence-electron chi connectivity index (χ3n) is 3.20. The van der Waals surface area contributed by atoms with Crippen LogP contribution in [0.25, 0.3) is 0 Å². The van der Waals surface area contributed by atoms with Crippen molar-refractivity contribution in [3.05, 3.63) is 70.7 Å². The maximum atomic E-state index is 10.1. The highest BCUT2D eigenvalue weighted by Gasteiger charge is 2.13. The van der Waals surface area contributed by atoms with Gasteiger partial charge in [-0.2, -0.15) is 0 Å². The minimum Gasteiger partial charge on any atom is -0.394 e. The van der Waals surface area contributed by atoms with Crippen LogP contribution in [-0.4, -0.2) is 23.4 Å². The molecule has 2 unspecified atom stereocenters. The van der Waals surface area contributed by atoms with E-state index >= 15 is 0 Å². The van der Waals surface area contributed by atoms with Gasteiger partial charge in [-0.25, -0.2) is 0 Å². The molecule has 0 bridgehead atoms. The second kappa shape index (κ2) is 7.41. The van der Waals surface area contributed by atoms with Gasteiger partial charge in [0.25, 0.3) is 0 Å². The summed E-state index contributed by atoms with van der Waals surface area (Å²) < 4.78 is 0. The van der Waals surface area contributed by atoms with Gasteiger partial charge in [-0.3, -0.25) is 0 Å². The van der Waals surface area contributed by atoms with Crippen LogP contribution in [0.1, 0.15) is 23.3 Å². The molecule has 0 saturated carbocycles. The lowest BCUT2D eigenvalue weighted by atomic mass is 10.1. The Balaban J connectivity index is 1.94. The molecule has 106 valence electrons. The van der Waals surface area contributed by atoms with Crippen LogP contribution in [0.15, 0.2) is 54.6 Å². The summed E-state index contributed by atoms with van der Waals surface area (Å²) >= 11 is 5.82. The van der Waals surface area contributed by atoms with Gasteiger partial charge < -0.3 is 15.5 Å². The van der Waals surface area contributed by atoms with Crippen molar-refractivity contribution >= 4 is 11.6 Å². The third-order valence-corrected chi connectivity index (χ3v) is 3.45. The highest BCUT2D eigenvalue weighted by Crippen LogP contribution is 2.17.